The molecule has 2 N–H and O–H groups in total. The molecule has 5 rings (SSSR count). The molecule has 1 aromatic heterocycles. The van der Waals surface area contributed by atoms with Crippen LogP contribution in [0.5, 0.6) is 5.75 Å². The van der Waals surface area contributed by atoms with Crippen molar-refractivity contribution < 1.29 is 23.2 Å². The summed E-state index contributed by atoms with van der Waals surface area (Å²) in [6.45, 7) is 1.10. The van der Waals surface area contributed by atoms with E-state index in [-0.39, 0.29) is 52.1 Å². The van der Waals surface area contributed by atoms with Crippen molar-refractivity contribution in [3.63, 3.8) is 0 Å². The van der Waals surface area contributed by atoms with Crippen LogP contribution in [0.3, 0.4) is 0 Å². The summed E-state index contributed by atoms with van der Waals surface area (Å²) in [5.41, 5.74) is 1.72. The first-order valence-electron chi connectivity index (χ1n) is 11.4. The molecule has 3 heterocycles. The molecule has 3 aromatic rings. The lowest BCUT2D eigenvalue weighted by Gasteiger charge is -2.37. The molecule has 1 fully saturated rings. The summed E-state index contributed by atoms with van der Waals surface area (Å²) in [5.74, 6) is -0.111. The van der Waals surface area contributed by atoms with Crippen LogP contribution in [-0.2, 0) is 22.1 Å². The molecule has 2 aliphatic heterocycles. The second kappa shape index (κ2) is 10.4. The Morgan fingerprint density at radius 2 is 1.83 bits per heavy atom. The molecule has 1 unspecified atom stereocenters. The Morgan fingerprint density at radius 3 is 2.58 bits per heavy atom. The summed E-state index contributed by atoms with van der Waals surface area (Å²) >= 11 is 12.3. The van der Waals surface area contributed by atoms with Crippen LogP contribution in [0.15, 0.2) is 48.7 Å². The van der Waals surface area contributed by atoms with Crippen LogP contribution in [-0.4, -0.2) is 45.7 Å². The molecule has 0 radical (unpaired) electrons. The van der Waals surface area contributed by atoms with Crippen molar-refractivity contribution in [2.45, 2.75) is 31.9 Å². The average Bonchev–Trinajstić information content (AvgIpc) is 3.32. The van der Waals surface area contributed by atoms with E-state index in [0.717, 1.165) is 5.56 Å². The van der Waals surface area contributed by atoms with Gasteiger partial charge in [-0.1, -0.05) is 47.5 Å². The molecule has 1 atom stereocenters. The van der Waals surface area contributed by atoms with Crippen LogP contribution < -0.4 is 9.84 Å². The molecule has 12 heteroatoms. The van der Waals surface area contributed by atoms with Gasteiger partial charge in [-0.2, -0.15) is 9.77 Å². The van der Waals surface area contributed by atoms with Crippen molar-refractivity contribution in [3.05, 3.63) is 81.1 Å². The maximum atomic E-state index is 13.3. The van der Waals surface area contributed by atoms with Gasteiger partial charge in [0.05, 0.1) is 28.4 Å². The van der Waals surface area contributed by atoms with E-state index in [1.54, 1.807) is 28.9 Å². The van der Waals surface area contributed by atoms with Crippen molar-refractivity contribution in [1.82, 2.24) is 20.2 Å². The van der Waals surface area contributed by atoms with Crippen molar-refractivity contribution >= 4 is 42.6 Å². The first-order chi connectivity index (χ1) is 17.3. The van der Waals surface area contributed by atoms with Gasteiger partial charge in [0, 0.05) is 36.7 Å². The molecule has 1 saturated heterocycles. The molecular formula is C24H23Cl2N4O5P. The van der Waals surface area contributed by atoms with Gasteiger partial charge in [0.25, 0.3) is 5.91 Å². The number of hydrogen-bond donors (Lipinski definition) is 2. The number of H-pyrrole nitrogens is 1. The lowest BCUT2D eigenvalue weighted by molar-refractivity contribution is 0.0912. The molecule has 188 valence electrons. The van der Waals surface area contributed by atoms with Gasteiger partial charge in [-0.3, -0.25) is 19.2 Å². The third-order valence-corrected chi connectivity index (χ3v) is 8.87. The number of amides is 1. The van der Waals surface area contributed by atoms with E-state index in [1.165, 1.54) is 6.20 Å². The van der Waals surface area contributed by atoms with Gasteiger partial charge in [0.2, 0.25) is 0 Å². The van der Waals surface area contributed by atoms with Crippen molar-refractivity contribution in [2.24, 2.45) is 0 Å². The zero-order valence-electron chi connectivity index (χ0n) is 19.1. The summed E-state index contributed by atoms with van der Waals surface area (Å²) in [4.78, 5) is 25.8. The largest absolute Gasteiger partial charge is 0.461 e. The molecule has 2 aromatic carbocycles. The lowest BCUT2D eigenvalue weighted by Crippen LogP contribution is -2.44. The third-order valence-electron chi connectivity index (χ3n) is 6.26. The Kier molecular flexibility index (Phi) is 7.19. The molecular weight excluding hydrogens is 526 g/mol. The number of rotatable bonds is 6. The predicted molar refractivity (Wildman–Crippen MR) is 135 cm³/mol. The van der Waals surface area contributed by atoms with Crippen LogP contribution in [0, 0.1) is 0 Å². The van der Waals surface area contributed by atoms with Gasteiger partial charge in [0.15, 0.2) is 5.78 Å². The second-order valence-electron chi connectivity index (χ2n) is 8.61. The van der Waals surface area contributed by atoms with E-state index in [4.69, 9.17) is 32.2 Å². The number of carbonyl (C=O) groups is 2. The van der Waals surface area contributed by atoms with E-state index in [1.807, 2.05) is 18.2 Å². The Bertz CT molecular complexity index is 1340. The van der Waals surface area contributed by atoms with Crippen molar-refractivity contribution in [2.75, 3.05) is 13.1 Å². The number of fused-ring (bicyclic) bond motifs is 1. The van der Waals surface area contributed by atoms with Gasteiger partial charge < -0.3 is 9.84 Å². The fraction of sp³-hybridized carbons (Fsp3) is 0.292. The number of carbonyl (C=O) groups excluding carboxylic acids is 2. The van der Waals surface area contributed by atoms with E-state index >= 15 is 0 Å². The minimum atomic E-state index is -3.45. The zero-order valence-corrected chi connectivity index (χ0v) is 21.5. The molecule has 36 heavy (non-hydrogen) atoms. The Labute approximate surface area is 217 Å². The highest BCUT2D eigenvalue weighted by Gasteiger charge is 2.41. The smallest absolute Gasteiger partial charge is 0.413 e. The van der Waals surface area contributed by atoms with Gasteiger partial charge in [-0.25, -0.2) is 4.57 Å². The summed E-state index contributed by atoms with van der Waals surface area (Å²) in [5, 5.41) is 10.1. The topological polar surface area (TPSA) is 114 Å². The number of aromatic nitrogens is 2. The number of hydrogen-bond acceptors (Lipinski definition) is 6. The number of para-hydroxylation sites is 1. The Morgan fingerprint density at radius 1 is 1.11 bits per heavy atom. The van der Waals surface area contributed by atoms with Gasteiger partial charge >= 0.3 is 7.75 Å². The van der Waals surface area contributed by atoms with E-state index < -0.39 is 7.75 Å². The number of halogens is 2. The Hall–Kier alpha value is -2.68. The standard InChI is InChI=1S/C24H23Cl2N4O5P/c25-18-5-3-6-19(26)22(18)20(31)12-16-13-27-29-23(16)24(32)28-17-8-10-30(11-9-17)36(33)34-14-15-4-1-2-7-21(15)35-36/h1-7,13,17H,8-12,14H2,(H,27,29)(H,28,32). The van der Waals surface area contributed by atoms with Crippen molar-refractivity contribution in [3.8, 4) is 5.75 Å². The number of ketones is 1. The minimum absolute atomic E-state index is 0.0829. The maximum Gasteiger partial charge on any atom is 0.461 e. The number of piperidine rings is 1. The second-order valence-corrected chi connectivity index (χ2v) is 11.4. The van der Waals surface area contributed by atoms with Gasteiger partial charge in [-0.15, -0.1) is 0 Å². The SMILES string of the molecule is O=C(NC1CCN(P2(=O)OCc3ccccc3O2)CC1)c1[nH]ncc1CC(=O)c1c(Cl)cccc1Cl. The highest BCUT2D eigenvalue weighted by atomic mass is 35.5. The molecule has 1 amide bonds. The lowest BCUT2D eigenvalue weighted by atomic mass is 10.0. The maximum absolute atomic E-state index is 13.3. The van der Waals surface area contributed by atoms with E-state index in [0.29, 0.717) is 37.2 Å². The normalized spacial score (nSPS) is 20.4. The molecule has 0 bridgehead atoms. The zero-order chi connectivity index (χ0) is 25.3. The van der Waals surface area contributed by atoms with E-state index in [9.17, 15) is 14.2 Å². The number of nitrogens with one attached hydrogen (secondary N) is 2. The molecule has 0 aliphatic carbocycles. The molecule has 0 spiro atoms. The molecule has 9 nitrogen and oxygen atoms in total. The fourth-order valence-electron chi connectivity index (χ4n) is 4.33. The van der Waals surface area contributed by atoms with Crippen LogP contribution in [0.4, 0.5) is 0 Å². The number of benzene rings is 2. The van der Waals surface area contributed by atoms with Crippen LogP contribution in [0.2, 0.25) is 10.0 Å². The van der Waals surface area contributed by atoms with Crippen LogP contribution >= 0.6 is 30.9 Å². The predicted octanol–water partition coefficient (Wildman–Crippen LogP) is 5.05. The monoisotopic (exact) mass is 548 g/mol. The minimum Gasteiger partial charge on any atom is -0.413 e. The molecule has 2 aliphatic rings. The summed E-state index contributed by atoms with van der Waals surface area (Å²) in [6, 6.07) is 12.1. The number of aromatic amines is 1. The summed E-state index contributed by atoms with van der Waals surface area (Å²) in [7, 11) is -3.45. The van der Waals surface area contributed by atoms with Gasteiger partial charge in [-0.05, 0) is 31.0 Å². The highest BCUT2D eigenvalue weighted by Crippen LogP contribution is 2.57. The van der Waals surface area contributed by atoms with E-state index in [2.05, 4.69) is 15.5 Å². The summed E-state index contributed by atoms with van der Waals surface area (Å²) < 4.78 is 26.4. The third kappa shape index (κ3) is 5.08. The molecule has 0 saturated carbocycles. The highest BCUT2D eigenvalue weighted by molar-refractivity contribution is 7.51. The quantitative estimate of drug-likeness (QED) is 0.327. The number of Topliss-reactive ketones (excluding diaryl/α,β-unsaturated/α-hetero) is 1. The Balaban J connectivity index is 1.19. The van der Waals surface area contributed by atoms with Crippen LogP contribution in [0.25, 0.3) is 0 Å². The van der Waals surface area contributed by atoms with Gasteiger partial charge in [0.1, 0.15) is 11.4 Å². The summed E-state index contributed by atoms with van der Waals surface area (Å²) in [6.07, 6.45) is 2.48. The van der Waals surface area contributed by atoms with Crippen LogP contribution in [0.1, 0.15) is 44.8 Å². The average molecular weight is 549 g/mol. The number of nitrogens with zero attached hydrogens (tertiary/aromatic N) is 2. The fourth-order valence-corrected chi connectivity index (χ4v) is 6.72. The first-order valence-corrected chi connectivity index (χ1v) is 13.7. The van der Waals surface area contributed by atoms with Crippen molar-refractivity contribution in [1.29, 1.82) is 0 Å². The first kappa shape index (κ1) is 25.0.